The fraction of sp³-hybridized carbons (Fsp3) is 0.400. The van der Waals surface area contributed by atoms with Crippen molar-refractivity contribution < 1.29 is 9.53 Å². The second-order valence-corrected chi connectivity index (χ2v) is 5.77. The summed E-state index contributed by atoms with van der Waals surface area (Å²) in [6.45, 7) is 1.88. The number of ether oxygens (including phenoxy) is 1. The number of nitrogens with zero attached hydrogens (tertiary/aromatic N) is 4. The third-order valence-corrected chi connectivity index (χ3v) is 4.10. The Morgan fingerprint density at radius 3 is 2.86 bits per heavy atom. The van der Waals surface area contributed by atoms with Crippen LogP contribution < -0.4 is 0 Å². The van der Waals surface area contributed by atoms with Gasteiger partial charge >= 0.3 is 0 Å². The van der Waals surface area contributed by atoms with Crippen molar-refractivity contribution in [3.8, 4) is 0 Å². The SMILES string of the molecule is COCCn1cnnc1SCC(=O)N(C)Cc1ccccc1. The van der Waals surface area contributed by atoms with Gasteiger partial charge in [0.05, 0.1) is 12.4 Å². The maximum Gasteiger partial charge on any atom is 0.233 e. The van der Waals surface area contributed by atoms with Crippen molar-refractivity contribution in [3.05, 3.63) is 42.2 Å². The molecule has 0 aliphatic carbocycles. The van der Waals surface area contributed by atoms with Crippen LogP contribution in [0.3, 0.4) is 0 Å². The van der Waals surface area contributed by atoms with Gasteiger partial charge in [0.25, 0.3) is 0 Å². The highest BCUT2D eigenvalue weighted by Gasteiger charge is 2.12. The topological polar surface area (TPSA) is 60.2 Å². The summed E-state index contributed by atoms with van der Waals surface area (Å²) in [5.74, 6) is 0.407. The molecule has 0 saturated heterocycles. The van der Waals surface area contributed by atoms with E-state index in [9.17, 15) is 4.79 Å². The van der Waals surface area contributed by atoms with Gasteiger partial charge in [-0.05, 0) is 5.56 Å². The minimum Gasteiger partial charge on any atom is -0.383 e. The lowest BCUT2D eigenvalue weighted by atomic mass is 10.2. The first-order valence-electron chi connectivity index (χ1n) is 6.98. The maximum atomic E-state index is 12.2. The molecule has 1 heterocycles. The summed E-state index contributed by atoms with van der Waals surface area (Å²) < 4.78 is 6.93. The molecule has 2 rings (SSSR count). The lowest BCUT2D eigenvalue weighted by Gasteiger charge is -2.17. The van der Waals surface area contributed by atoms with Crippen LogP contribution >= 0.6 is 11.8 Å². The van der Waals surface area contributed by atoms with E-state index in [-0.39, 0.29) is 5.91 Å². The molecule has 0 bridgehead atoms. The summed E-state index contributed by atoms with van der Waals surface area (Å²) in [6.07, 6.45) is 1.65. The van der Waals surface area contributed by atoms with Gasteiger partial charge in [-0.2, -0.15) is 0 Å². The Balaban J connectivity index is 1.83. The molecule has 1 amide bonds. The molecule has 0 fully saturated rings. The van der Waals surface area contributed by atoms with Gasteiger partial charge in [-0.1, -0.05) is 42.1 Å². The smallest absolute Gasteiger partial charge is 0.233 e. The molecular formula is C15H20N4O2S. The van der Waals surface area contributed by atoms with Crippen molar-refractivity contribution in [1.29, 1.82) is 0 Å². The molecule has 0 saturated carbocycles. The number of rotatable bonds is 8. The molecule has 7 heteroatoms. The van der Waals surface area contributed by atoms with Gasteiger partial charge in [0, 0.05) is 27.2 Å². The Kier molecular flexibility index (Phi) is 6.42. The van der Waals surface area contributed by atoms with Gasteiger partial charge < -0.3 is 14.2 Å². The monoisotopic (exact) mass is 320 g/mol. The highest BCUT2D eigenvalue weighted by Crippen LogP contribution is 2.15. The Morgan fingerprint density at radius 1 is 1.36 bits per heavy atom. The maximum absolute atomic E-state index is 12.2. The largest absolute Gasteiger partial charge is 0.383 e. The molecule has 22 heavy (non-hydrogen) atoms. The van der Waals surface area contributed by atoms with Crippen molar-refractivity contribution in [2.24, 2.45) is 0 Å². The second-order valence-electron chi connectivity index (χ2n) is 4.82. The molecule has 118 valence electrons. The van der Waals surface area contributed by atoms with E-state index in [1.54, 1.807) is 18.3 Å². The number of hydrogen-bond donors (Lipinski definition) is 0. The van der Waals surface area contributed by atoms with E-state index in [1.165, 1.54) is 11.8 Å². The van der Waals surface area contributed by atoms with Gasteiger partial charge in [0.2, 0.25) is 5.91 Å². The quantitative estimate of drug-likeness (QED) is 0.693. The van der Waals surface area contributed by atoms with Gasteiger partial charge in [-0.25, -0.2) is 0 Å². The highest BCUT2D eigenvalue weighted by atomic mass is 32.2. The van der Waals surface area contributed by atoms with Crippen LogP contribution in [0.15, 0.2) is 41.8 Å². The van der Waals surface area contributed by atoms with Gasteiger partial charge in [0.15, 0.2) is 5.16 Å². The number of carbonyl (C=O) groups is 1. The van der Waals surface area contributed by atoms with Gasteiger partial charge in [0.1, 0.15) is 6.33 Å². The van der Waals surface area contributed by atoms with E-state index in [0.717, 1.165) is 10.7 Å². The lowest BCUT2D eigenvalue weighted by Crippen LogP contribution is -2.27. The molecule has 1 aromatic heterocycles. The molecule has 0 unspecified atom stereocenters. The van der Waals surface area contributed by atoms with E-state index in [0.29, 0.717) is 25.4 Å². The van der Waals surface area contributed by atoms with Gasteiger partial charge in [-0.15, -0.1) is 10.2 Å². The van der Waals surface area contributed by atoms with E-state index in [1.807, 2.05) is 41.9 Å². The second kappa shape index (κ2) is 8.55. The lowest BCUT2D eigenvalue weighted by molar-refractivity contribution is -0.127. The predicted molar refractivity (Wildman–Crippen MR) is 85.5 cm³/mol. The van der Waals surface area contributed by atoms with Crippen LogP contribution in [-0.4, -0.2) is 52.1 Å². The zero-order valence-electron chi connectivity index (χ0n) is 12.8. The minimum atomic E-state index is 0.0649. The van der Waals surface area contributed by atoms with E-state index >= 15 is 0 Å². The van der Waals surface area contributed by atoms with Gasteiger partial charge in [-0.3, -0.25) is 4.79 Å². The Labute approximate surface area is 134 Å². The number of carbonyl (C=O) groups excluding carboxylic acids is 1. The zero-order valence-corrected chi connectivity index (χ0v) is 13.6. The summed E-state index contributed by atoms with van der Waals surface area (Å²) >= 11 is 1.39. The summed E-state index contributed by atoms with van der Waals surface area (Å²) in [5, 5.41) is 8.65. The fourth-order valence-corrected chi connectivity index (χ4v) is 2.76. The van der Waals surface area contributed by atoms with Crippen molar-refractivity contribution in [3.63, 3.8) is 0 Å². The summed E-state index contributed by atoms with van der Waals surface area (Å²) in [5.41, 5.74) is 1.12. The molecule has 0 N–H and O–H groups in total. The number of benzene rings is 1. The highest BCUT2D eigenvalue weighted by molar-refractivity contribution is 7.99. The Hall–Kier alpha value is -1.86. The molecule has 1 aromatic carbocycles. The van der Waals surface area contributed by atoms with Crippen LogP contribution in [0.25, 0.3) is 0 Å². The first-order chi connectivity index (χ1) is 10.7. The van der Waals surface area contributed by atoms with Crippen LogP contribution in [-0.2, 0) is 22.6 Å². The fourth-order valence-electron chi connectivity index (χ4n) is 1.88. The Bertz CT molecular complexity index is 588. The molecule has 0 aliphatic heterocycles. The van der Waals surface area contributed by atoms with Crippen LogP contribution in [0, 0.1) is 0 Å². The first-order valence-corrected chi connectivity index (χ1v) is 7.96. The van der Waals surface area contributed by atoms with Crippen LogP contribution in [0.2, 0.25) is 0 Å². The van der Waals surface area contributed by atoms with Crippen molar-refractivity contribution >= 4 is 17.7 Å². The standard InChI is InChI=1S/C15H20N4O2S/c1-18(10-13-6-4-3-5-7-13)14(20)11-22-15-17-16-12-19(15)8-9-21-2/h3-7,12H,8-11H2,1-2H3. The average Bonchev–Trinajstić information content (AvgIpc) is 2.98. The van der Waals surface area contributed by atoms with Crippen molar-refractivity contribution in [2.75, 3.05) is 26.5 Å². The van der Waals surface area contributed by atoms with Crippen molar-refractivity contribution in [1.82, 2.24) is 19.7 Å². The summed E-state index contributed by atoms with van der Waals surface area (Å²) in [4.78, 5) is 13.9. The Morgan fingerprint density at radius 2 is 2.14 bits per heavy atom. The third kappa shape index (κ3) is 4.85. The van der Waals surface area contributed by atoms with E-state index < -0.39 is 0 Å². The molecule has 0 atom stereocenters. The normalized spacial score (nSPS) is 10.6. The number of aromatic nitrogens is 3. The minimum absolute atomic E-state index is 0.0649. The number of thioether (sulfide) groups is 1. The molecular weight excluding hydrogens is 300 g/mol. The summed E-state index contributed by atoms with van der Waals surface area (Å²) in [6, 6.07) is 9.94. The molecule has 0 radical (unpaired) electrons. The number of amides is 1. The van der Waals surface area contributed by atoms with Crippen molar-refractivity contribution in [2.45, 2.75) is 18.2 Å². The molecule has 2 aromatic rings. The number of methoxy groups -OCH3 is 1. The summed E-state index contributed by atoms with van der Waals surface area (Å²) in [7, 11) is 3.46. The molecule has 0 spiro atoms. The van der Waals surface area contributed by atoms with Crippen LogP contribution in [0.1, 0.15) is 5.56 Å². The van der Waals surface area contributed by atoms with Crippen LogP contribution in [0.4, 0.5) is 0 Å². The predicted octanol–water partition coefficient (Wildman–Crippen LogP) is 1.68. The average molecular weight is 320 g/mol. The molecule has 0 aliphatic rings. The third-order valence-electron chi connectivity index (χ3n) is 3.13. The zero-order chi connectivity index (χ0) is 15.8. The number of hydrogen-bond acceptors (Lipinski definition) is 5. The van der Waals surface area contributed by atoms with E-state index in [2.05, 4.69) is 10.2 Å². The van der Waals surface area contributed by atoms with E-state index in [4.69, 9.17) is 4.74 Å². The first kappa shape index (κ1) is 16.5. The van der Waals surface area contributed by atoms with Crippen LogP contribution in [0.5, 0.6) is 0 Å². The molecule has 6 nitrogen and oxygen atoms in total.